The number of nitriles is 1. The van der Waals surface area contributed by atoms with Crippen molar-refractivity contribution in [1.82, 2.24) is 4.90 Å². The first-order valence-corrected chi connectivity index (χ1v) is 5.50. The molecule has 0 unspecified atom stereocenters. The molecule has 5 nitrogen and oxygen atoms in total. The molecule has 1 saturated heterocycles. The third-order valence-corrected chi connectivity index (χ3v) is 2.78. The largest absolute Gasteiger partial charge is 0.326 e. The maximum absolute atomic E-state index is 11.8. The van der Waals surface area contributed by atoms with Crippen LogP contribution in [0.25, 0.3) is 0 Å². The number of hydrogen-bond acceptors (Lipinski definition) is 3. The maximum Gasteiger partial charge on any atom is 0.321 e. The zero-order valence-electron chi connectivity index (χ0n) is 9.39. The number of nitrogens with one attached hydrogen (secondary N) is 1. The standard InChI is InChI=1S/C12H14N4O/c13-7-9-1-3-11(4-2-9)15-12(17)16-6-5-10(14)8-16/h1-4,10H,5-6,8,14H2,(H,15,17)/t10-/m0/s1. The van der Waals surface area contributed by atoms with Gasteiger partial charge in [0.05, 0.1) is 11.6 Å². The van der Waals surface area contributed by atoms with Crippen LogP contribution in [0, 0.1) is 11.3 Å². The summed E-state index contributed by atoms with van der Waals surface area (Å²) in [5.41, 5.74) is 7.00. The highest BCUT2D eigenvalue weighted by Gasteiger charge is 2.23. The summed E-state index contributed by atoms with van der Waals surface area (Å²) < 4.78 is 0. The minimum Gasteiger partial charge on any atom is -0.326 e. The number of urea groups is 1. The lowest BCUT2D eigenvalue weighted by molar-refractivity contribution is 0.222. The normalized spacial score (nSPS) is 18.8. The number of anilines is 1. The van der Waals surface area contributed by atoms with E-state index in [9.17, 15) is 4.79 Å². The lowest BCUT2D eigenvalue weighted by atomic mass is 10.2. The average molecular weight is 230 g/mol. The lowest BCUT2D eigenvalue weighted by Crippen LogP contribution is -2.35. The lowest BCUT2D eigenvalue weighted by Gasteiger charge is -2.16. The van der Waals surface area contributed by atoms with Gasteiger partial charge in [-0.25, -0.2) is 4.79 Å². The molecule has 2 amide bonds. The second-order valence-corrected chi connectivity index (χ2v) is 4.11. The molecule has 1 aromatic rings. The molecule has 1 fully saturated rings. The number of amides is 2. The Labute approximate surface area is 99.8 Å². The third kappa shape index (κ3) is 2.74. The van der Waals surface area contributed by atoms with Gasteiger partial charge in [-0.15, -0.1) is 0 Å². The van der Waals surface area contributed by atoms with Gasteiger partial charge in [0.25, 0.3) is 0 Å². The van der Waals surface area contributed by atoms with Crippen LogP contribution in [0.3, 0.4) is 0 Å². The highest BCUT2D eigenvalue weighted by Crippen LogP contribution is 2.12. The number of nitrogens with zero attached hydrogens (tertiary/aromatic N) is 2. The molecule has 17 heavy (non-hydrogen) atoms. The van der Waals surface area contributed by atoms with Gasteiger partial charge in [0, 0.05) is 24.8 Å². The fourth-order valence-corrected chi connectivity index (χ4v) is 1.80. The summed E-state index contributed by atoms with van der Waals surface area (Å²) in [6.45, 7) is 1.30. The van der Waals surface area contributed by atoms with E-state index in [1.807, 2.05) is 6.07 Å². The van der Waals surface area contributed by atoms with Crippen LogP contribution in [0.4, 0.5) is 10.5 Å². The first-order chi connectivity index (χ1) is 8.19. The summed E-state index contributed by atoms with van der Waals surface area (Å²) in [7, 11) is 0. The van der Waals surface area contributed by atoms with Gasteiger partial charge in [0.2, 0.25) is 0 Å². The van der Waals surface area contributed by atoms with E-state index in [0.717, 1.165) is 6.42 Å². The average Bonchev–Trinajstić information content (AvgIpc) is 2.77. The van der Waals surface area contributed by atoms with Gasteiger partial charge in [0.1, 0.15) is 0 Å². The maximum atomic E-state index is 11.8. The van der Waals surface area contributed by atoms with Crippen molar-refractivity contribution in [1.29, 1.82) is 5.26 Å². The number of carbonyl (C=O) groups excluding carboxylic acids is 1. The zero-order chi connectivity index (χ0) is 12.3. The van der Waals surface area contributed by atoms with Crippen LogP contribution in [0.2, 0.25) is 0 Å². The van der Waals surface area contributed by atoms with Gasteiger partial charge in [-0.3, -0.25) is 0 Å². The fraction of sp³-hybridized carbons (Fsp3) is 0.333. The van der Waals surface area contributed by atoms with E-state index in [1.165, 1.54) is 0 Å². The molecule has 88 valence electrons. The van der Waals surface area contributed by atoms with Crippen LogP contribution in [0.15, 0.2) is 24.3 Å². The Balaban J connectivity index is 1.96. The Morgan fingerprint density at radius 2 is 2.18 bits per heavy atom. The van der Waals surface area contributed by atoms with Crippen molar-refractivity contribution in [2.24, 2.45) is 5.73 Å². The highest BCUT2D eigenvalue weighted by molar-refractivity contribution is 5.89. The molecule has 0 aliphatic carbocycles. The molecule has 0 aromatic heterocycles. The summed E-state index contributed by atoms with van der Waals surface area (Å²) in [5, 5.41) is 11.4. The van der Waals surface area contributed by atoms with Crippen molar-refractivity contribution < 1.29 is 4.79 Å². The minimum absolute atomic E-state index is 0.0849. The Hall–Kier alpha value is -2.06. The van der Waals surface area contributed by atoms with Crippen molar-refractivity contribution in [3.63, 3.8) is 0 Å². The second-order valence-electron chi connectivity index (χ2n) is 4.11. The van der Waals surface area contributed by atoms with Crippen molar-refractivity contribution in [2.45, 2.75) is 12.5 Å². The molecular formula is C12H14N4O. The Morgan fingerprint density at radius 3 is 2.71 bits per heavy atom. The summed E-state index contributed by atoms with van der Waals surface area (Å²) in [4.78, 5) is 13.5. The Morgan fingerprint density at radius 1 is 1.47 bits per heavy atom. The predicted octanol–water partition coefficient (Wildman–Crippen LogP) is 1.12. The van der Waals surface area contributed by atoms with Crippen molar-refractivity contribution >= 4 is 11.7 Å². The topological polar surface area (TPSA) is 82.2 Å². The van der Waals surface area contributed by atoms with Crippen LogP contribution >= 0.6 is 0 Å². The van der Waals surface area contributed by atoms with E-state index in [2.05, 4.69) is 5.32 Å². The number of rotatable bonds is 1. The number of nitrogens with two attached hydrogens (primary N) is 1. The molecule has 0 spiro atoms. The van der Waals surface area contributed by atoms with Crippen molar-refractivity contribution in [2.75, 3.05) is 18.4 Å². The molecule has 0 radical (unpaired) electrons. The molecule has 3 N–H and O–H groups in total. The smallest absolute Gasteiger partial charge is 0.321 e. The molecule has 0 bridgehead atoms. The van der Waals surface area contributed by atoms with Gasteiger partial charge in [0.15, 0.2) is 0 Å². The molecular weight excluding hydrogens is 216 g/mol. The molecule has 1 heterocycles. The summed E-state index contributed by atoms with van der Waals surface area (Å²) in [5.74, 6) is 0. The SMILES string of the molecule is N#Cc1ccc(NC(=O)N2CC[C@H](N)C2)cc1. The minimum atomic E-state index is -0.136. The molecule has 2 rings (SSSR count). The fourth-order valence-electron chi connectivity index (χ4n) is 1.80. The van der Waals surface area contributed by atoms with Crippen LogP contribution in [0.5, 0.6) is 0 Å². The van der Waals surface area contributed by atoms with Crippen molar-refractivity contribution in [3.05, 3.63) is 29.8 Å². The third-order valence-electron chi connectivity index (χ3n) is 2.78. The number of benzene rings is 1. The van der Waals surface area contributed by atoms with Gasteiger partial charge in [-0.05, 0) is 30.7 Å². The monoisotopic (exact) mass is 230 g/mol. The Kier molecular flexibility index (Phi) is 3.26. The summed E-state index contributed by atoms with van der Waals surface area (Å²) >= 11 is 0. The Bertz CT molecular complexity index is 449. The van der Waals surface area contributed by atoms with Gasteiger partial charge >= 0.3 is 6.03 Å². The quantitative estimate of drug-likeness (QED) is 0.758. The number of hydrogen-bond donors (Lipinski definition) is 2. The highest BCUT2D eigenvalue weighted by atomic mass is 16.2. The van der Waals surface area contributed by atoms with Crippen LogP contribution in [-0.4, -0.2) is 30.1 Å². The molecule has 0 saturated carbocycles. The molecule has 1 aromatic carbocycles. The molecule has 1 atom stereocenters. The number of likely N-dealkylation sites (tertiary alicyclic amines) is 1. The van der Waals surface area contributed by atoms with E-state index >= 15 is 0 Å². The summed E-state index contributed by atoms with van der Waals surface area (Å²) in [6, 6.07) is 8.75. The van der Waals surface area contributed by atoms with Crippen LogP contribution in [0.1, 0.15) is 12.0 Å². The van der Waals surface area contributed by atoms with E-state index in [4.69, 9.17) is 11.0 Å². The molecule has 1 aliphatic heterocycles. The van der Waals surface area contributed by atoms with Crippen LogP contribution in [-0.2, 0) is 0 Å². The predicted molar refractivity (Wildman–Crippen MR) is 64.3 cm³/mol. The van der Waals surface area contributed by atoms with Gasteiger partial charge in [-0.1, -0.05) is 0 Å². The first-order valence-electron chi connectivity index (χ1n) is 5.50. The molecule has 5 heteroatoms. The zero-order valence-corrected chi connectivity index (χ0v) is 9.39. The number of carbonyl (C=O) groups is 1. The summed E-state index contributed by atoms with van der Waals surface area (Å²) in [6.07, 6.45) is 0.848. The second kappa shape index (κ2) is 4.85. The van der Waals surface area contributed by atoms with E-state index in [1.54, 1.807) is 29.2 Å². The van der Waals surface area contributed by atoms with Crippen molar-refractivity contribution in [3.8, 4) is 6.07 Å². The first kappa shape index (κ1) is 11.4. The molecule has 1 aliphatic rings. The van der Waals surface area contributed by atoms with E-state index < -0.39 is 0 Å². The van der Waals surface area contributed by atoms with Crippen LogP contribution < -0.4 is 11.1 Å². The van der Waals surface area contributed by atoms with E-state index in [0.29, 0.717) is 24.3 Å². The van der Waals surface area contributed by atoms with E-state index in [-0.39, 0.29) is 12.1 Å². The van der Waals surface area contributed by atoms with Gasteiger partial charge in [-0.2, -0.15) is 5.26 Å². The van der Waals surface area contributed by atoms with Gasteiger partial charge < -0.3 is 16.0 Å².